The highest BCUT2D eigenvalue weighted by atomic mass is 32.2. The van der Waals surface area contributed by atoms with E-state index in [1.165, 1.54) is 10.6 Å². The van der Waals surface area contributed by atoms with Gasteiger partial charge in [0.25, 0.3) is 0 Å². The topological polar surface area (TPSA) is 82.9 Å². The number of piperidine rings is 1. The number of nitrogens with one attached hydrogen (secondary N) is 1. The van der Waals surface area contributed by atoms with E-state index >= 15 is 0 Å². The van der Waals surface area contributed by atoms with Crippen molar-refractivity contribution in [2.24, 2.45) is 0 Å². The van der Waals surface area contributed by atoms with Crippen molar-refractivity contribution in [3.05, 3.63) is 24.2 Å². The fourth-order valence-corrected chi connectivity index (χ4v) is 3.20. The zero-order valence-corrected chi connectivity index (χ0v) is 13.1. The Labute approximate surface area is 124 Å². The first kappa shape index (κ1) is 15.8. The van der Waals surface area contributed by atoms with Crippen LogP contribution in [0.1, 0.15) is 18.6 Å². The molecular formula is C13H21N3O4S. The van der Waals surface area contributed by atoms with Gasteiger partial charge >= 0.3 is 6.03 Å². The van der Waals surface area contributed by atoms with Crippen LogP contribution in [0, 0.1) is 0 Å². The van der Waals surface area contributed by atoms with Crippen LogP contribution >= 0.6 is 0 Å². The number of hydrogen-bond donors (Lipinski definition) is 1. The molecule has 2 heterocycles. The van der Waals surface area contributed by atoms with E-state index in [2.05, 4.69) is 5.32 Å². The molecule has 2 rings (SSSR count). The summed E-state index contributed by atoms with van der Waals surface area (Å²) in [5.74, 6) is 0.722. The Hall–Kier alpha value is -1.54. The molecule has 0 aliphatic carbocycles. The Bertz CT molecular complexity index is 562. The molecule has 1 saturated heterocycles. The maximum atomic E-state index is 12.1. The van der Waals surface area contributed by atoms with E-state index in [4.69, 9.17) is 4.42 Å². The number of rotatable bonds is 4. The summed E-state index contributed by atoms with van der Waals surface area (Å²) in [7, 11) is -1.43. The summed E-state index contributed by atoms with van der Waals surface area (Å²) in [5.41, 5.74) is 0. The number of carbonyl (C=O) groups is 1. The van der Waals surface area contributed by atoms with E-state index in [1.807, 2.05) is 6.07 Å². The first-order valence-electron chi connectivity index (χ1n) is 6.85. The van der Waals surface area contributed by atoms with Gasteiger partial charge in [-0.1, -0.05) is 0 Å². The van der Waals surface area contributed by atoms with Gasteiger partial charge in [-0.05, 0) is 25.0 Å². The number of furan rings is 1. The molecule has 1 N–H and O–H groups in total. The van der Waals surface area contributed by atoms with Crippen LogP contribution in [0.4, 0.5) is 4.79 Å². The van der Waals surface area contributed by atoms with Crippen molar-refractivity contribution < 1.29 is 17.6 Å². The third-order valence-electron chi connectivity index (χ3n) is 3.57. The molecule has 1 aliphatic heterocycles. The lowest BCUT2D eigenvalue weighted by molar-refractivity contribution is 0.192. The lowest BCUT2D eigenvalue weighted by atomic mass is 10.1. The van der Waals surface area contributed by atoms with Crippen molar-refractivity contribution in [3.8, 4) is 0 Å². The van der Waals surface area contributed by atoms with Crippen molar-refractivity contribution in [2.75, 3.05) is 26.4 Å². The van der Waals surface area contributed by atoms with E-state index in [-0.39, 0.29) is 12.1 Å². The molecule has 1 fully saturated rings. The summed E-state index contributed by atoms with van der Waals surface area (Å²) in [6.07, 6.45) is 4.05. The van der Waals surface area contributed by atoms with Crippen LogP contribution in [0.3, 0.4) is 0 Å². The molecule has 1 aromatic rings. The molecular weight excluding hydrogens is 294 g/mol. The summed E-state index contributed by atoms with van der Waals surface area (Å²) in [6.45, 7) is 1.30. The Kier molecular flexibility index (Phi) is 4.89. The second kappa shape index (κ2) is 6.48. The Balaban J connectivity index is 1.79. The monoisotopic (exact) mass is 315 g/mol. The number of hydrogen-bond acceptors (Lipinski definition) is 4. The normalized spacial score (nSPS) is 17.6. The lowest BCUT2D eigenvalue weighted by Gasteiger charge is -2.31. The first-order valence-corrected chi connectivity index (χ1v) is 8.70. The van der Waals surface area contributed by atoms with Gasteiger partial charge in [-0.3, -0.25) is 0 Å². The molecule has 1 aliphatic rings. The number of carbonyl (C=O) groups excluding carboxylic acids is 1. The second-order valence-electron chi connectivity index (χ2n) is 5.32. The Morgan fingerprint density at radius 3 is 2.67 bits per heavy atom. The SMILES string of the molecule is CN(Cc1ccco1)C(=O)NC1CCN(S(C)(=O)=O)CC1. The number of sulfonamides is 1. The fourth-order valence-electron chi connectivity index (χ4n) is 2.32. The van der Waals surface area contributed by atoms with Gasteiger partial charge in [0.2, 0.25) is 10.0 Å². The molecule has 21 heavy (non-hydrogen) atoms. The average molecular weight is 315 g/mol. The molecule has 7 nitrogen and oxygen atoms in total. The fraction of sp³-hybridized carbons (Fsp3) is 0.615. The van der Waals surface area contributed by atoms with Crippen LogP contribution in [-0.4, -0.2) is 56.1 Å². The van der Waals surface area contributed by atoms with Gasteiger partial charge in [-0.15, -0.1) is 0 Å². The van der Waals surface area contributed by atoms with Crippen molar-refractivity contribution in [1.29, 1.82) is 0 Å². The van der Waals surface area contributed by atoms with Gasteiger partial charge in [0, 0.05) is 26.2 Å². The molecule has 0 unspecified atom stereocenters. The predicted molar refractivity (Wildman–Crippen MR) is 78.1 cm³/mol. The third kappa shape index (κ3) is 4.47. The molecule has 0 atom stereocenters. The van der Waals surface area contributed by atoms with Crippen molar-refractivity contribution in [2.45, 2.75) is 25.4 Å². The molecule has 118 valence electrons. The molecule has 1 aromatic heterocycles. The summed E-state index contributed by atoms with van der Waals surface area (Å²) in [6, 6.07) is 3.43. The molecule has 0 bridgehead atoms. The van der Waals surface area contributed by atoms with Crippen LogP contribution < -0.4 is 5.32 Å². The Morgan fingerprint density at radius 2 is 2.14 bits per heavy atom. The Morgan fingerprint density at radius 1 is 1.48 bits per heavy atom. The highest BCUT2D eigenvalue weighted by molar-refractivity contribution is 7.88. The third-order valence-corrected chi connectivity index (χ3v) is 4.87. The first-order chi connectivity index (χ1) is 9.86. The largest absolute Gasteiger partial charge is 0.467 e. The zero-order chi connectivity index (χ0) is 15.5. The molecule has 2 amide bonds. The van der Waals surface area contributed by atoms with E-state index in [1.54, 1.807) is 24.3 Å². The standard InChI is InChI=1S/C13H21N3O4S/c1-15(10-12-4-3-9-20-12)13(17)14-11-5-7-16(8-6-11)21(2,18)19/h3-4,9,11H,5-8,10H2,1-2H3,(H,14,17). The minimum Gasteiger partial charge on any atom is -0.467 e. The number of urea groups is 1. The smallest absolute Gasteiger partial charge is 0.317 e. The summed E-state index contributed by atoms with van der Waals surface area (Å²) in [5, 5.41) is 2.93. The maximum absolute atomic E-state index is 12.1. The van der Waals surface area contributed by atoms with E-state index in [0.29, 0.717) is 32.5 Å². The quantitative estimate of drug-likeness (QED) is 0.893. The second-order valence-corrected chi connectivity index (χ2v) is 7.30. The molecule has 0 radical (unpaired) electrons. The zero-order valence-electron chi connectivity index (χ0n) is 12.3. The van der Waals surface area contributed by atoms with E-state index in [9.17, 15) is 13.2 Å². The van der Waals surface area contributed by atoms with E-state index in [0.717, 1.165) is 5.76 Å². The highest BCUT2D eigenvalue weighted by Gasteiger charge is 2.26. The van der Waals surface area contributed by atoms with Crippen LogP contribution in [0.2, 0.25) is 0 Å². The van der Waals surface area contributed by atoms with Gasteiger partial charge in [0.05, 0.1) is 19.1 Å². The summed E-state index contributed by atoms with van der Waals surface area (Å²) in [4.78, 5) is 13.6. The molecule has 8 heteroatoms. The maximum Gasteiger partial charge on any atom is 0.317 e. The van der Waals surface area contributed by atoms with Crippen LogP contribution in [0.15, 0.2) is 22.8 Å². The summed E-state index contributed by atoms with van der Waals surface area (Å²) >= 11 is 0. The number of nitrogens with zero attached hydrogens (tertiary/aromatic N) is 2. The van der Waals surface area contributed by atoms with E-state index < -0.39 is 10.0 Å². The van der Waals surface area contributed by atoms with Crippen molar-refractivity contribution >= 4 is 16.1 Å². The minimum absolute atomic E-state index is 0.00884. The molecule has 0 saturated carbocycles. The van der Waals surface area contributed by atoms with Gasteiger partial charge in [-0.25, -0.2) is 17.5 Å². The van der Waals surface area contributed by atoms with Gasteiger partial charge in [0.15, 0.2) is 0 Å². The van der Waals surface area contributed by atoms with Crippen LogP contribution in [0.25, 0.3) is 0 Å². The van der Waals surface area contributed by atoms with Gasteiger partial charge in [-0.2, -0.15) is 0 Å². The minimum atomic E-state index is -3.13. The van der Waals surface area contributed by atoms with Crippen LogP contribution in [-0.2, 0) is 16.6 Å². The van der Waals surface area contributed by atoms with Crippen molar-refractivity contribution in [1.82, 2.24) is 14.5 Å². The highest BCUT2D eigenvalue weighted by Crippen LogP contribution is 2.13. The molecule has 0 aromatic carbocycles. The molecule has 0 spiro atoms. The van der Waals surface area contributed by atoms with Crippen molar-refractivity contribution in [3.63, 3.8) is 0 Å². The predicted octanol–water partition coefficient (Wildman–Crippen LogP) is 0.845. The van der Waals surface area contributed by atoms with Gasteiger partial charge in [0.1, 0.15) is 5.76 Å². The summed E-state index contributed by atoms with van der Waals surface area (Å²) < 4.78 is 29.5. The average Bonchev–Trinajstić information content (AvgIpc) is 2.91. The number of amides is 2. The van der Waals surface area contributed by atoms with Crippen LogP contribution in [0.5, 0.6) is 0 Å². The van der Waals surface area contributed by atoms with Gasteiger partial charge < -0.3 is 14.6 Å². The lowest BCUT2D eigenvalue weighted by Crippen LogP contribution is -2.49.